The van der Waals surface area contributed by atoms with Crippen LogP contribution < -0.4 is 10.2 Å². The van der Waals surface area contributed by atoms with Gasteiger partial charge in [0.2, 0.25) is 11.8 Å². The molecule has 0 saturated carbocycles. The van der Waals surface area contributed by atoms with E-state index in [0.717, 1.165) is 0 Å². The van der Waals surface area contributed by atoms with Gasteiger partial charge in [-0.25, -0.2) is 14.8 Å². The van der Waals surface area contributed by atoms with Crippen LogP contribution in [0.4, 0.5) is 10.6 Å². The van der Waals surface area contributed by atoms with E-state index in [1.165, 1.54) is 11.8 Å². The summed E-state index contributed by atoms with van der Waals surface area (Å²) in [5.41, 5.74) is -0.293. The number of nitrogens with one attached hydrogen (secondary N) is 1. The van der Waals surface area contributed by atoms with Gasteiger partial charge in [-0.2, -0.15) is 0 Å². The van der Waals surface area contributed by atoms with Crippen LogP contribution in [0.1, 0.15) is 34.6 Å². The van der Waals surface area contributed by atoms with Gasteiger partial charge in [-0.05, 0) is 27.7 Å². The van der Waals surface area contributed by atoms with Gasteiger partial charge in [0.15, 0.2) is 5.16 Å². The number of hydrogen-bond donors (Lipinski definition) is 1. The second-order valence-corrected chi connectivity index (χ2v) is 11.0. The van der Waals surface area contributed by atoms with E-state index in [0.29, 0.717) is 61.9 Å². The number of anilines is 1. The standard InChI is InChI=1S/C22H34ClN7O3S/c1-15-13-29(10-11-30(15)21(33)26-22(3,4)5)18-12-17(23)24-20(25-18)34-14-19(32)28-8-6-27(7-9-28)16(2)31/h12,15H,6-11,13-14H2,1-5H3,(H,26,33). The molecule has 1 atom stereocenters. The van der Waals surface area contributed by atoms with Crippen molar-refractivity contribution in [2.45, 2.75) is 51.4 Å². The lowest BCUT2D eigenvalue weighted by molar-refractivity contribution is -0.136. The summed E-state index contributed by atoms with van der Waals surface area (Å²) < 4.78 is 0. The smallest absolute Gasteiger partial charge is 0.318 e. The SMILES string of the molecule is CC(=O)N1CCN(C(=O)CSc2nc(Cl)cc(N3CCN(C(=O)NC(C)(C)C)C(C)C3)n2)CC1. The highest BCUT2D eigenvalue weighted by molar-refractivity contribution is 7.99. The van der Waals surface area contributed by atoms with Crippen LogP contribution in [0.25, 0.3) is 0 Å². The van der Waals surface area contributed by atoms with E-state index in [-0.39, 0.29) is 35.2 Å². The summed E-state index contributed by atoms with van der Waals surface area (Å²) in [6, 6.07) is 1.64. The zero-order valence-electron chi connectivity index (χ0n) is 20.5. The molecule has 0 aromatic carbocycles. The summed E-state index contributed by atoms with van der Waals surface area (Å²) in [5, 5.41) is 3.78. The number of rotatable bonds is 4. The molecule has 1 N–H and O–H groups in total. The van der Waals surface area contributed by atoms with Gasteiger partial charge in [0, 0.05) is 70.4 Å². The van der Waals surface area contributed by atoms with E-state index in [1.807, 2.05) is 32.6 Å². The molecule has 4 amide bonds. The number of piperazine rings is 2. The fourth-order valence-corrected chi connectivity index (χ4v) is 4.94. The number of carbonyl (C=O) groups excluding carboxylic acids is 3. The Balaban J connectivity index is 1.56. The van der Waals surface area contributed by atoms with E-state index in [2.05, 4.69) is 20.2 Å². The van der Waals surface area contributed by atoms with Crippen molar-refractivity contribution in [1.29, 1.82) is 0 Å². The highest BCUT2D eigenvalue weighted by Crippen LogP contribution is 2.24. The number of aromatic nitrogens is 2. The highest BCUT2D eigenvalue weighted by atomic mass is 35.5. The molecule has 0 radical (unpaired) electrons. The molecule has 188 valence electrons. The third kappa shape index (κ3) is 7.11. The second-order valence-electron chi connectivity index (χ2n) is 9.68. The van der Waals surface area contributed by atoms with Crippen molar-refractivity contribution in [2.75, 3.05) is 56.5 Å². The molecule has 10 nitrogen and oxygen atoms in total. The predicted octanol–water partition coefficient (Wildman–Crippen LogP) is 1.93. The summed E-state index contributed by atoms with van der Waals surface area (Å²) in [7, 11) is 0. The minimum absolute atomic E-state index is 0.00353. The van der Waals surface area contributed by atoms with Crippen molar-refractivity contribution in [1.82, 2.24) is 30.0 Å². The molecule has 2 saturated heterocycles. The van der Waals surface area contributed by atoms with Crippen molar-refractivity contribution < 1.29 is 14.4 Å². The molecule has 1 unspecified atom stereocenters. The number of nitrogens with zero attached hydrogens (tertiary/aromatic N) is 6. The molecular weight excluding hydrogens is 478 g/mol. The van der Waals surface area contributed by atoms with E-state index < -0.39 is 0 Å². The third-order valence-corrected chi connectivity index (χ3v) is 6.78. The molecular formula is C22H34ClN7O3S. The van der Waals surface area contributed by atoms with Crippen LogP contribution in [0.15, 0.2) is 11.2 Å². The molecule has 34 heavy (non-hydrogen) atoms. The monoisotopic (exact) mass is 511 g/mol. The molecule has 3 heterocycles. The molecule has 2 fully saturated rings. The van der Waals surface area contributed by atoms with Gasteiger partial charge in [-0.3, -0.25) is 9.59 Å². The molecule has 2 aliphatic heterocycles. The zero-order chi connectivity index (χ0) is 25.0. The first-order chi connectivity index (χ1) is 15.9. The minimum Gasteiger partial charge on any atom is -0.353 e. The zero-order valence-corrected chi connectivity index (χ0v) is 22.1. The summed E-state index contributed by atoms with van der Waals surface area (Å²) in [5.74, 6) is 0.918. The fourth-order valence-electron chi connectivity index (χ4n) is 3.96. The Hall–Kier alpha value is -2.27. The van der Waals surface area contributed by atoms with Crippen LogP contribution in [-0.4, -0.2) is 106 Å². The molecule has 12 heteroatoms. The molecule has 0 aliphatic carbocycles. The van der Waals surface area contributed by atoms with Gasteiger partial charge in [0.1, 0.15) is 11.0 Å². The van der Waals surface area contributed by atoms with Crippen molar-refractivity contribution >= 4 is 47.0 Å². The lowest BCUT2D eigenvalue weighted by Gasteiger charge is -2.41. The van der Waals surface area contributed by atoms with Crippen molar-refractivity contribution in [3.8, 4) is 0 Å². The first-order valence-electron chi connectivity index (χ1n) is 11.5. The largest absolute Gasteiger partial charge is 0.353 e. The third-order valence-electron chi connectivity index (χ3n) is 5.76. The van der Waals surface area contributed by atoms with Crippen molar-refractivity contribution in [2.24, 2.45) is 0 Å². The Morgan fingerprint density at radius 1 is 1.09 bits per heavy atom. The van der Waals surface area contributed by atoms with Crippen LogP contribution in [0.5, 0.6) is 0 Å². The Morgan fingerprint density at radius 2 is 1.74 bits per heavy atom. The molecule has 3 rings (SSSR count). The number of thioether (sulfide) groups is 1. The van der Waals surface area contributed by atoms with Crippen LogP contribution >= 0.6 is 23.4 Å². The Labute approximate surface area is 210 Å². The summed E-state index contributed by atoms with van der Waals surface area (Å²) >= 11 is 7.52. The summed E-state index contributed by atoms with van der Waals surface area (Å²) in [4.78, 5) is 53.0. The first-order valence-corrected chi connectivity index (χ1v) is 12.8. The fraction of sp³-hybridized carbons (Fsp3) is 0.682. The van der Waals surface area contributed by atoms with Crippen LogP contribution in [-0.2, 0) is 9.59 Å². The quantitative estimate of drug-likeness (QED) is 0.374. The molecule has 1 aromatic rings. The topological polar surface area (TPSA) is 102 Å². The highest BCUT2D eigenvalue weighted by Gasteiger charge is 2.30. The molecule has 0 bridgehead atoms. The number of amides is 4. The second kappa shape index (κ2) is 11.0. The lowest BCUT2D eigenvalue weighted by Crippen LogP contribution is -2.59. The van der Waals surface area contributed by atoms with Gasteiger partial charge in [0.05, 0.1) is 5.75 Å². The average molecular weight is 512 g/mol. The van der Waals surface area contributed by atoms with Crippen LogP contribution in [0, 0.1) is 0 Å². The maximum absolute atomic E-state index is 12.6. The molecule has 1 aromatic heterocycles. The predicted molar refractivity (Wildman–Crippen MR) is 133 cm³/mol. The minimum atomic E-state index is -0.293. The average Bonchev–Trinajstić information content (AvgIpc) is 2.75. The van der Waals surface area contributed by atoms with E-state index in [9.17, 15) is 14.4 Å². The van der Waals surface area contributed by atoms with Gasteiger partial charge in [0.25, 0.3) is 0 Å². The maximum Gasteiger partial charge on any atom is 0.318 e. The number of halogens is 1. The number of hydrogen-bond acceptors (Lipinski definition) is 7. The van der Waals surface area contributed by atoms with Crippen molar-refractivity contribution in [3.05, 3.63) is 11.2 Å². The van der Waals surface area contributed by atoms with Crippen molar-refractivity contribution in [3.63, 3.8) is 0 Å². The normalized spacial score (nSPS) is 19.3. The van der Waals surface area contributed by atoms with Gasteiger partial charge in [-0.15, -0.1) is 0 Å². The van der Waals surface area contributed by atoms with Crippen LogP contribution in [0.2, 0.25) is 5.15 Å². The Morgan fingerprint density at radius 3 is 2.32 bits per heavy atom. The molecule has 2 aliphatic rings. The summed E-state index contributed by atoms with van der Waals surface area (Å²) in [6.45, 7) is 13.4. The van der Waals surface area contributed by atoms with E-state index in [1.54, 1.807) is 22.8 Å². The number of urea groups is 1. The van der Waals surface area contributed by atoms with Gasteiger partial charge < -0.3 is 24.9 Å². The van der Waals surface area contributed by atoms with Crippen LogP contribution in [0.3, 0.4) is 0 Å². The Kier molecular flexibility index (Phi) is 8.51. The van der Waals surface area contributed by atoms with Gasteiger partial charge in [-0.1, -0.05) is 23.4 Å². The maximum atomic E-state index is 12.6. The number of carbonyl (C=O) groups is 3. The van der Waals surface area contributed by atoms with Gasteiger partial charge >= 0.3 is 6.03 Å². The van der Waals surface area contributed by atoms with E-state index in [4.69, 9.17) is 11.6 Å². The van der Waals surface area contributed by atoms with E-state index >= 15 is 0 Å². The molecule has 0 spiro atoms. The first kappa shape index (κ1) is 26.3. The lowest BCUT2D eigenvalue weighted by atomic mass is 10.1. The Bertz CT molecular complexity index is 918. The summed E-state index contributed by atoms with van der Waals surface area (Å²) in [6.07, 6.45) is 0.